The van der Waals surface area contributed by atoms with Crippen LogP contribution in [0.4, 0.5) is 0 Å². The lowest BCUT2D eigenvalue weighted by atomic mass is 9.87. The Morgan fingerprint density at radius 1 is 1.26 bits per heavy atom. The maximum absolute atomic E-state index is 12.1. The second-order valence-corrected chi connectivity index (χ2v) is 10.2. The Bertz CT molecular complexity index is 849. The fourth-order valence-electron chi connectivity index (χ4n) is 4.81. The number of amides is 2. The fourth-order valence-corrected chi connectivity index (χ4v) is 4.81. The van der Waals surface area contributed by atoms with Crippen molar-refractivity contribution in [3.63, 3.8) is 0 Å². The van der Waals surface area contributed by atoms with Gasteiger partial charge in [-0.1, -0.05) is 36.8 Å². The van der Waals surface area contributed by atoms with E-state index < -0.39 is 29.8 Å². The van der Waals surface area contributed by atoms with Gasteiger partial charge in [-0.2, -0.15) is 0 Å². The van der Waals surface area contributed by atoms with Crippen LogP contribution in [-0.2, 0) is 23.8 Å². The van der Waals surface area contributed by atoms with E-state index in [1.54, 1.807) is 6.92 Å². The van der Waals surface area contributed by atoms with Crippen molar-refractivity contribution in [3.05, 3.63) is 36.0 Å². The number of ether oxygens (including phenoxy) is 3. The molecule has 0 aromatic heterocycles. The van der Waals surface area contributed by atoms with Crippen molar-refractivity contribution in [1.29, 1.82) is 0 Å². The minimum absolute atomic E-state index is 0.0223. The number of nitrogens with one attached hydrogen (secondary N) is 1. The van der Waals surface area contributed by atoms with Crippen LogP contribution in [0.25, 0.3) is 0 Å². The second-order valence-electron chi connectivity index (χ2n) is 10.2. The van der Waals surface area contributed by atoms with Crippen molar-refractivity contribution in [1.82, 2.24) is 5.32 Å². The van der Waals surface area contributed by atoms with Crippen molar-refractivity contribution < 1.29 is 34.0 Å². The van der Waals surface area contributed by atoms with Crippen LogP contribution in [0, 0.1) is 5.92 Å². The summed E-state index contributed by atoms with van der Waals surface area (Å²) >= 11 is 0. The largest absolute Gasteiger partial charge is 0.389 e. The maximum Gasteiger partial charge on any atom is 0.244 e. The quantitative estimate of drug-likeness (QED) is 0.216. The van der Waals surface area contributed by atoms with Gasteiger partial charge in [0.05, 0.1) is 43.5 Å². The Labute approximate surface area is 207 Å². The normalized spacial score (nSPS) is 38.7. The summed E-state index contributed by atoms with van der Waals surface area (Å²) in [4.78, 5) is 23.4. The van der Waals surface area contributed by atoms with Gasteiger partial charge < -0.3 is 35.5 Å². The highest BCUT2D eigenvalue weighted by Gasteiger charge is 2.58. The molecule has 196 valence electrons. The molecule has 5 N–H and O–H groups in total. The van der Waals surface area contributed by atoms with Crippen LogP contribution in [0.1, 0.15) is 53.4 Å². The number of epoxide rings is 1. The SMILES string of the molecule is CC(/C=C/[C@H]1O[C@H](CC(N)=O)C[C@@]2(CO2)[C@@H]1O)=C\C[C@@H]1O[C@H](C)[C@H](NC(=O)/C=C\[C@H](C)O)C[C@@H]1C. The Morgan fingerprint density at radius 2 is 1.97 bits per heavy atom. The molecule has 0 saturated carbocycles. The number of primary amides is 1. The van der Waals surface area contributed by atoms with E-state index in [1.165, 1.54) is 12.2 Å². The first kappa shape index (κ1) is 27.5. The van der Waals surface area contributed by atoms with Gasteiger partial charge in [-0.15, -0.1) is 0 Å². The molecular weight excluding hydrogens is 452 g/mol. The molecule has 9 atom stereocenters. The molecule has 35 heavy (non-hydrogen) atoms. The van der Waals surface area contributed by atoms with Gasteiger partial charge in [0.1, 0.15) is 17.8 Å². The van der Waals surface area contributed by atoms with Gasteiger partial charge in [0, 0.05) is 12.5 Å². The predicted octanol–water partition coefficient (Wildman–Crippen LogP) is 1.28. The van der Waals surface area contributed by atoms with Gasteiger partial charge in [-0.25, -0.2) is 0 Å². The standard InChI is InChI=1S/C26H40N2O7/c1-15(6-9-22-25(32)26(14-33-26)13-19(35-22)12-23(27)30)5-8-21-16(2)11-20(18(4)34-21)28-24(31)10-7-17(3)29/h5-7,9-10,16-22,25,29,32H,8,11-14H2,1-4H3,(H2,27,30)(H,28,31)/b9-6+,10-7-,15-5+/t16-,17-,18+,19+,20+,21-,22+,25+,26+/m0/s1. The maximum atomic E-state index is 12.1. The minimum Gasteiger partial charge on any atom is -0.389 e. The van der Waals surface area contributed by atoms with Crippen LogP contribution >= 0.6 is 0 Å². The number of aliphatic hydroxyl groups is 2. The predicted molar refractivity (Wildman–Crippen MR) is 130 cm³/mol. The lowest BCUT2D eigenvalue weighted by Crippen LogP contribution is -2.50. The summed E-state index contributed by atoms with van der Waals surface area (Å²) in [7, 11) is 0. The lowest BCUT2D eigenvalue weighted by molar-refractivity contribution is -0.143. The van der Waals surface area contributed by atoms with Crippen molar-refractivity contribution in [2.45, 2.75) is 102 Å². The number of hydrogen-bond donors (Lipinski definition) is 4. The van der Waals surface area contributed by atoms with E-state index in [0.717, 1.165) is 18.4 Å². The number of hydrogen-bond acceptors (Lipinski definition) is 7. The van der Waals surface area contributed by atoms with Gasteiger partial charge in [-0.05, 0) is 39.5 Å². The van der Waals surface area contributed by atoms with Crippen molar-refractivity contribution in [3.8, 4) is 0 Å². The molecule has 3 saturated heterocycles. The summed E-state index contributed by atoms with van der Waals surface area (Å²) in [5, 5.41) is 22.9. The van der Waals surface area contributed by atoms with Gasteiger partial charge in [0.15, 0.2) is 0 Å². The lowest BCUT2D eigenvalue weighted by Gasteiger charge is -2.39. The van der Waals surface area contributed by atoms with E-state index in [1.807, 2.05) is 26.0 Å². The van der Waals surface area contributed by atoms with Crippen molar-refractivity contribution in [2.24, 2.45) is 11.7 Å². The Balaban J connectivity index is 1.52. The summed E-state index contributed by atoms with van der Waals surface area (Å²) in [6.07, 6.45) is 8.19. The summed E-state index contributed by atoms with van der Waals surface area (Å²) in [6.45, 7) is 8.10. The summed E-state index contributed by atoms with van der Waals surface area (Å²) in [5.74, 6) is -0.425. The smallest absolute Gasteiger partial charge is 0.244 e. The van der Waals surface area contributed by atoms with Crippen molar-refractivity contribution >= 4 is 11.8 Å². The van der Waals surface area contributed by atoms with Crippen LogP contribution < -0.4 is 11.1 Å². The van der Waals surface area contributed by atoms with Gasteiger partial charge >= 0.3 is 0 Å². The van der Waals surface area contributed by atoms with Crippen molar-refractivity contribution in [2.75, 3.05) is 6.61 Å². The van der Waals surface area contributed by atoms with E-state index in [4.69, 9.17) is 19.9 Å². The molecule has 3 aliphatic heterocycles. The van der Waals surface area contributed by atoms with Gasteiger partial charge in [0.25, 0.3) is 0 Å². The Hall–Kier alpha value is -2.04. The van der Waals surface area contributed by atoms with Crippen LogP contribution in [0.15, 0.2) is 36.0 Å². The topological polar surface area (TPSA) is 144 Å². The molecule has 0 aromatic rings. The molecule has 3 heterocycles. The second kappa shape index (κ2) is 11.8. The molecule has 0 unspecified atom stereocenters. The van der Waals surface area contributed by atoms with E-state index in [2.05, 4.69) is 18.3 Å². The molecule has 0 bridgehead atoms. The highest BCUT2D eigenvalue weighted by molar-refractivity contribution is 5.87. The molecule has 9 heteroatoms. The van der Waals surface area contributed by atoms with E-state index in [-0.39, 0.29) is 42.6 Å². The molecule has 0 aliphatic carbocycles. The van der Waals surface area contributed by atoms with Crippen LogP contribution in [0.3, 0.4) is 0 Å². The highest BCUT2D eigenvalue weighted by Crippen LogP contribution is 2.43. The molecule has 9 nitrogen and oxygen atoms in total. The average Bonchev–Trinajstić information content (AvgIpc) is 3.54. The molecule has 3 aliphatic rings. The molecule has 3 rings (SSSR count). The molecule has 2 amide bonds. The number of aliphatic hydroxyl groups excluding tert-OH is 2. The zero-order valence-corrected chi connectivity index (χ0v) is 21.1. The fraction of sp³-hybridized carbons (Fsp3) is 0.692. The third kappa shape index (κ3) is 7.72. The van der Waals surface area contributed by atoms with Crippen LogP contribution in [-0.4, -0.2) is 76.9 Å². The minimum atomic E-state index is -0.791. The molecule has 1 spiro atoms. The van der Waals surface area contributed by atoms with Crippen LogP contribution in [0.5, 0.6) is 0 Å². The number of rotatable bonds is 9. The molecule has 0 radical (unpaired) electrons. The van der Waals surface area contributed by atoms with Gasteiger partial charge in [-0.3, -0.25) is 9.59 Å². The average molecular weight is 493 g/mol. The number of allylic oxidation sites excluding steroid dienone is 2. The van der Waals surface area contributed by atoms with Crippen LogP contribution in [0.2, 0.25) is 0 Å². The first-order chi connectivity index (χ1) is 16.5. The molecular formula is C26H40N2O7. The zero-order valence-electron chi connectivity index (χ0n) is 21.1. The molecule has 0 aromatic carbocycles. The Morgan fingerprint density at radius 3 is 2.60 bits per heavy atom. The van der Waals surface area contributed by atoms with E-state index in [9.17, 15) is 19.8 Å². The summed E-state index contributed by atoms with van der Waals surface area (Å²) in [5.41, 5.74) is 5.70. The third-order valence-corrected chi connectivity index (χ3v) is 7.01. The Kier molecular flexibility index (Phi) is 9.28. The van der Waals surface area contributed by atoms with E-state index in [0.29, 0.717) is 13.0 Å². The molecule has 3 fully saturated rings. The summed E-state index contributed by atoms with van der Waals surface area (Å²) in [6, 6.07) is -0.0902. The third-order valence-electron chi connectivity index (χ3n) is 7.01. The first-order valence-electron chi connectivity index (χ1n) is 12.4. The van der Waals surface area contributed by atoms with Gasteiger partial charge in [0.2, 0.25) is 11.8 Å². The monoisotopic (exact) mass is 492 g/mol. The number of carbonyl (C=O) groups excluding carboxylic acids is 2. The first-order valence-corrected chi connectivity index (χ1v) is 12.4. The number of nitrogens with two attached hydrogens (primary N) is 1. The highest BCUT2D eigenvalue weighted by atomic mass is 16.6. The van der Waals surface area contributed by atoms with E-state index >= 15 is 0 Å². The zero-order chi connectivity index (χ0) is 25.8. The summed E-state index contributed by atoms with van der Waals surface area (Å²) < 4.78 is 17.6. The number of carbonyl (C=O) groups is 2.